The molecule has 0 heterocycles. The van der Waals surface area contributed by atoms with Crippen molar-refractivity contribution in [2.24, 2.45) is 11.8 Å². The van der Waals surface area contributed by atoms with E-state index in [-0.39, 0.29) is 36.5 Å². The molecule has 2 rings (SSSR count). The van der Waals surface area contributed by atoms with Crippen LogP contribution in [0.2, 0.25) is 0 Å². The number of hydrogen-bond acceptors (Lipinski definition) is 2. The number of carbonyl (C=O) groups excluding carboxylic acids is 2. The van der Waals surface area contributed by atoms with E-state index >= 15 is 0 Å². The van der Waals surface area contributed by atoms with Gasteiger partial charge in [0.25, 0.3) is 0 Å². The molecule has 2 amide bonds. The highest BCUT2D eigenvalue weighted by molar-refractivity contribution is 5.83. The molecule has 5 heteroatoms. The number of hydrogen-bond donors (Lipinski definition) is 2. The number of benzene rings is 1. The number of carbonyl (C=O) groups is 2. The molecule has 0 aromatic heterocycles. The van der Waals surface area contributed by atoms with E-state index in [2.05, 4.69) is 24.5 Å². The summed E-state index contributed by atoms with van der Waals surface area (Å²) < 4.78 is 12.8. The lowest BCUT2D eigenvalue weighted by Crippen LogP contribution is -2.43. The van der Waals surface area contributed by atoms with Crippen LogP contribution in [0.5, 0.6) is 0 Å². The molecule has 1 aromatic rings. The van der Waals surface area contributed by atoms with E-state index in [0.717, 1.165) is 18.4 Å². The van der Waals surface area contributed by atoms with Crippen LogP contribution >= 0.6 is 0 Å². The summed E-state index contributed by atoms with van der Waals surface area (Å²) in [5.41, 5.74) is 0.833. The van der Waals surface area contributed by atoms with Gasteiger partial charge in [0.05, 0.1) is 0 Å². The molecule has 1 aliphatic rings. The first-order valence-corrected chi connectivity index (χ1v) is 8.76. The van der Waals surface area contributed by atoms with Crippen LogP contribution < -0.4 is 10.6 Å². The minimum Gasteiger partial charge on any atom is -0.353 e. The van der Waals surface area contributed by atoms with Crippen molar-refractivity contribution in [3.8, 4) is 0 Å². The van der Waals surface area contributed by atoms with Crippen LogP contribution in [-0.4, -0.2) is 17.9 Å². The van der Waals surface area contributed by atoms with Gasteiger partial charge in [0.15, 0.2) is 0 Å². The second-order valence-corrected chi connectivity index (χ2v) is 6.84. The Bertz CT molecular complexity index is 559. The first-order valence-electron chi connectivity index (χ1n) is 8.76. The predicted octanol–water partition coefficient (Wildman–Crippen LogP) is 3.16. The Kier molecular flexibility index (Phi) is 6.76. The van der Waals surface area contributed by atoms with E-state index in [1.54, 1.807) is 12.1 Å². The molecule has 0 radical (unpaired) electrons. The molecule has 24 heavy (non-hydrogen) atoms. The Morgan fingerprint density at radius 1 is 1.08 bits per heavy atom. The Morgan fingerprint density at radius 3 is 2.46 bits per heavy atom. The first kappa shape index (κ1) is 18.4. The highest BCUT2D eigenvalue weighted by Gasteiger charge is 2.28. The summed E-state index contributed by atoms with van der Waals surface area (Å²) in [7, 11) is 0. The van der Waals surface area contributed by atoms with E-state index in [1.807, 2.05) is 0 Å². The zero-order valence-corrected chi connectivity index (χ0v) is 14.5. The maximum atomic E-state index is 12.8. The number of amides is 2. The molecular weight excluding hydrogens is 307 g/mol. The van der Waals surface area contributed by atoms with Crippen molar-refractivity contribution in [3.05, 3.63) is 35.6 Å². The van der Waals surface area contributed by atoms with E-state index in [0.29, 0.717) is 18.4 Å². The number of halogens is 1. The summed E-state index contributed by atoms with van der Waals surface area (Å²) in [5.74, 6) is 0.587. The Balaban J connectivity index is 1.67. The van der Waals surface area contributed by atoms with E-state index < -0.39 is 0 Å². The number of nitrogens with one attached hydrogen (secondary N) is 2. The lowest BCUT2D eigenvalue weighted by Gasteiger charge is -2.34. The van der Waals surface area contributed by atoms with Gasteiger partial charge in [-0.2, -0.15) is 0 Å². The van der Waals surface area contributed by atoms with Crippen molar-refractivity contribution in [2.45, 2.75) is 58.5 Å². The minimum absolute atomic E-state index is 0.0575. The van der Waals surface area contributed by atoms with Gasteiger partial charge in [-0.1, -0.05) is 38.8 Å². The van der Waals surface area contributed by atoms with Crippen LogP contribution in [0.15, 0.2) is 24.3 Å². The normalized spacial score (nSPS) is 23.5. The SMILES string of the molecule is C[C@H]1[C@H](C)CCC[C@H]1NC(=O)CCC(=O)NCc1ccc(F)cc1. The molecule has 2 N–H and O–H groups in total. The third-order valence-corrected chi connectivity index (χ3v) is 5.04. The zero-order chi connectivity index (χ0) is 17.5. The molecule has 4 nitrogen and oxygen atoms in total. The van der Waals surface area contributed by atoms with Crippen molar-refractivity contribution in [3.63, 3.8) is 0 Å². The fourth-order valence-corrected chi connectivity index (χ4v) is 3.18. The molecular formula is C19H27FN2O2. The fourth-order valence-electron chi connectivity index (χ4n) is 3.18. The van der Waals surface area contributed by atoms with Crippen LogP contribution in [0.1, 0.15) is 51.5 Å². The molecule has 1 saturated carbocycles. The Hall–Kier alpha value is -1.91. The van der Waals surface area contributed by atoms with E-state index in [9.17, 15) is 14.0 Å². The maximum Gasteiger partial charge on any atom is 0.220 e. The summed E-state index contributed by atoms with van der Waals surface area (Å²) in [4.78, 5) is 23.9. The lowest BCUT2D eigenvalue weighted by atomic mass is 9.78. The van der Waals surface area contributed by atoms with E-state index in [4.69, 9.17) is 0 Å². The molecule has 1 fully saturated rings. The summed E-state index contributed by atoms with van der Waals surface area (Å²) in [6.07, 6.45) is 3.76. The maximum absolute atomic E-state index is 12.8. The summed E-state index contributed by atoms with van der Waals surface area (Å²) >= 11 is 0. The standard InChI is InChI=1S/C19H27FN2O2/c1-13-4-3-5-17(14(13)2)22-19(24)11-10-18(23)21-12-15-6-8-16(20)9-7-15/h6-9,13-14,17H,3-5,10-12H2,1-2H3,(H,21,23)(H,22,24)/t13-,14+,17-/m1/s1. The molecule has 0 bridgehead atoms. The van der Waals surface area contributed by atoms with Gasteiger partial charge >= 0.3 is 0 Å². The Labute approximate surface area is 143 Å². The van der Waals surface area contributed by atoms with Gasteiger partial charge < -0.3 is 10.6 Å². The van der Waals surface area contributed by atoms with Crippen molar-refractivity contribution in [1.82, 2.24) is 10.6 Å². The zero-order valence-electron chi connectivity index (χ0n) is 14.5. The van der Waals surface area contributed by atoms with Gasteiger partial charge in [0.1, 0.15) is 5.82 Å². The predicted molar refractivity (Wildman–Crippen MR) is 91.6 cm³/mol. The van der Waals surface area contributed by atoms with Crippen LogP contribution in [0.25, 0.3) is 0 Å². The van der Waals surface area contributed by atoms with Crippen molar-refractivity contribution >= 4 is 11.8 Å². The van der Waals surface area contributed by atoms with Gasteiger partial charge in [-0.05, 0) is 36.0 Å². The molecule has 0 aliphatic heterocycles. The molecule has 0 unspecified atom stereocenters. The summed E-state index contributed by atoms with van der Waals surface area (Å²) in [6.45, 7) is 4.76. The van der Waals surface area contributed by atoms with Gasteiger partial charge in [0.2, 0.25) is 11.8 Å². The highest BCUT2D eigenvalue weighted by atomic mass is 19.1. The topological polar surface area (TPSA) is 58.2 Å². The molecule has 0 saturated heterocycles. The van der Waals surface area contributed by atoms with Crippen LogP contribution in [0.4, 0.5) is 4.39 Å². The van der Waals surface area contributed by atoms with Crippen LogP contribution in [-0.2, 0) is 16.1 Å². The number of rotatable bonds is 6. The molecule has 3 atom stereocenters. The van der Waals surface area contributed by atoms with Gasteiger partial charge in [-0.15, -0.1) is 0 Å². The fraction of sp³-hybridized carbons (Fsp3) is 0.579. The second kappa shape index (κ2) is 8.81. The summed E-state index contributed by atoms with van der Waals surface area (Å²) in [5, 5.41) is 5.83. The molecule has 1 aromatic carbocycles. The third-order valence-electron chi connectivity index (χ3n) is 5.04. The van der Waals surface area contributed by atoms with Crippen molar-refractivity contribution in [1.29, 1.82) is 0 Å². The van der Waals surface area contributed by atoms with Gasteiger partial charge in [-0.25, -0.2) is 4.39 Å². The quantitative estimate of drug-likeness (QED) is 0.839. The average molecular weight is 334 g/mol. The highest BCUT2D eigenvalue weighted by Crippen LogP contribution is 2.29. The molecule has 1 aliphatic carbocycles. The molecule has 0 spiro atoms. The molecule has 132 valence electrons. The third kappa shape index (κ3) is 5.62. The first-order chi connectivity index (χ1) is 11.5. The van der Waals surface area contributed by atoms with Crippen LogP contribution in [0, 0.1) is 17.7 Å². The van der Waals surface area contributed by atoms with Crippen molar-refractivity contribution < 1.29 is 14.0 Å². The van der Waals surface area contributed by atoms with Crippen molar-refractivity contribution in [2.75, 3.05) is 0 Å². The smallest absolute Gasteiger partial charge is 0.220 e. The lowest BCUT2D eigenvalue weighted by molar-refractivity contribution is -0.127. The van der Waals surface area contributed by atoms with E-state index in [1.165, 1.54) is 18.6 Å². The van der Waals surface area contributed by atoms with Crippen LogP contribution in [0.3, 0.4) is 0 Å². The monoisotopic (exact) mass is 334 g/mol. The second-order valence-electron chi connectivity index (χ2n) is 6.84. The summed E-state index contributed by atoms with van der Waals surface area (Å²) in [6, 6.07) is 6.22. The van der Waals surface area contributed by atoms with Gasteiger partial charge in [0, 0.05) is 25.4 Å². The average Bonchev–Trinajstić information content (AvgIpc) is 2.56. The minimum atomic E-state index is -0.298. The Morgan fingerprint density at radius 2 is 1.75 bits per heavy atom. The largest absolute Gasteiger partial charge is 0.353 e. The van der Waals surface area contributed by atoms with Gasteiger partial charge in [-0.3, -0.25) is 9.59 Å².